The Hall–Kier alpha value is -1.94. The molecule has 0 aromatic heterocycles. The highest BCUT2D eigenvalue weighted by Crippen LogP contribution is 2.35. The molecule has 1 unspecified atom stereocenters. The first-order valence-corrected chi connectivity index (χ1v) is 7.69. The lowest BCUT2D eigenvalue weighted by atomic mass is 10.1. The minimum Gasteiger partial charge on any atom is -0.305 e. The van der Waals surface area contributed by atoms with Crippen molar-refractivity contribution < 1.29 is 9.00 Å². The van der Waals surface area contributed by atoms with E-state index in [4.69, 9.17) is 0 Å². The van der Waals surface area contributed by atoms with E-state index in [1.165, 1.54) is 0 Å². The molecule has 0 fully saturated rings. The average molecular weight is 285 g/mol. The Morgan fingerprint density at radius 1 is 0.950 bits per heavy atom. The van der Waals surface area contributed by atoms with Crippen LogP contribution in [-0.4, -0.2) is 16.2 Å². The first kappa shape index (κ1) is 13.1. The number of nitrogens with zero attached hydrogens (tertiary/aromatic N) is 1. The third-order valence-electron chi connectivity index (χ3n) is 3.38. The topological polar surface area (TPSA) is 37.4 Å². The molecular weight excluding hydrogens is 270 g/mol. The molecule has 2 aromatic rings. The molecule has 0 radical (unpaired) electrons. The molecule has 1 amide bonds. The van der Waals surface area contributed by atoms with Crippen LogP contribution in [0.1, 0.15) is 24.2 Å². The number of fused-ring (bicyclic) bond motifs is 2. The second-order valence-electron chi connectivity index (χ2n) is 5.00. The number of benzene rings is 2. The summed E-state index contributed by atoms with van der Waals surface area (Å²) >= 11 is 0. The molecule has 20 heavy (non-hydrogen) atoms. The average Bonchev–Trinajstić information content (AvgIpc) is 2.55. The third kappa shape index (κ3) is 1.88. The highest BCUT2D eigenvalue weighted by atomic mass is 32.2. The number of carbonyl (C=O) groups excluding carboxylic acids is 1. The quantitative estimate of drug-likeness (QED) is 0.806. The van der Waals surface area contributed by atoms with Gasteiger partial charge in [-0.25, -0.2) is 4.21 Å². The number of anilines is 1. The van der Waals surface area contributed by atoms with Gasteiger partial charge in [-0.3, -0.25) is 4.79 Å². The summed E-state index contributed by atoms with van der Waals surface area (Å²) in [6, 6.07) is 14.6. The second-order valence-corrected chi connectivity index (χ2v) is 6.42. The summed E-state index contributed by atoms with van der Waals surface area (Å²) in [6.45, 7) is 3.93. The number of para-hydroxylation sites is 1. The van der Waals surface area contributed by atoms with E-state index in [1.807, 2.05) is 50.2 Å². The zero-order valence-corrected chi connectivity index (χ0v) is 12.2. The molecule has 102 valence electrons. The summed E-state index contributed by atoms with van der Waals surface area (Å²) in [5.74, 6) is -0.0890. The molecule has 2 aromatic carbocycles. The van der Waals surface area contributed by atoms with E-state index in [1.54, 1.807) is 17.0 Å². The molecule has 3 nitrogen and oxygen atoms in total. The Bertz CT molecular complexity index is 709. The van der Waals surface area contributed by atoms with Crippen LogP contribution in [0.2, 0.25) is 0 Å². The van der Waals surface area contributed by atoms with Crippen LogP contribution in [-0.2, 0) is 10.8 Å². The number of hydrogen-bond donors (Lipinski definition) is 0. The maximum Gasteiger partial charge on any atom is 0.259 e. The fourth-order valence-corrected chi connectivity index (χ4v) is 3.84. The predicted molar refractivity (Wildman–Crippen MR) is 79.5 cm³/mol. The smallest absolute Gasteiger partial charge is 0.259 e. The highest BCUT2D eigenvalue weighted by Gasteiger charge is 2.31. The summed E-state index contributed by atoms with van der Waals surface area (Å²) in [7, 11) is -1.33. The Morgan fingerprint density at radius 2 is 1.55 bits per heavy atom. The van der Waals surface area contributed by atoms with Crippen molar-refractivity contribution in [2.45, 2.75) is 29.7 Å². The number of hydrogen-bond acceptors (Lipinski definition) is 2. The minimum atomic E-state index is -1.33. The predicted octanol–water partition coefficient (Wildman–Crippen LogP) is 3.22. The van der Waals surface area contributed by atoms with Gasteiger partial charge < -0.3 is 4.90 Å². The van der Waals surface area contributed by atoms with Gasteiger partial charge in [-0.15, -0.1) is 0 Å². The van der Waals surface area contributed by atoms with Crippen LogP contribution >= 0.6 is 0 Å². The largest absolute Gasteiger partial charge is 0.305 e. The van der Waals surface area contributed by atoms with Crippen molar-refractivity contribution in [1.82, 2.24) is 0 Å². The number of rotatable bonds is 1. The third-order valence-corrected chi connectivity index (χ3v) is 4.88. The van der Waals surface area contributed by atoms with Gasteiger partial charge in [0.2, 0.25) is 0 Å². The normalized spacial score (nSPS) is 17.6. The maximum absolute atomic E-state index is 12.8. The molecule has 0 aliphatic carbocycles. The van der Waals surface area contributed by atoms with E-state index in [-0.39, 0.29) is 11.9 Å². The van der Waals surface area contributed by atoms with Gasteiger partial charge in [0.1, 0.15) is 0 Å². The molecule has 1 aliphatic rings. The van der Waals surface area contributed by atoms with Crippen LogP contribution in [0, 0.1) is 0 Å². The summed E-state index contributed by atoms with van der Waals surface area (Å²) in [5, 5.41) is 0. The van der Waals surface area contributed by atoms with Gasteiger partial charge in [0, 0.05) is 6.04 Å². The van der Waals surface area contributed by atoms with Gasteiger partial charge in [0.15, 0.2) is 0 Å². The Balaban J connectivity index is 2.34. The summed E-state index contributed by atoms with van der Waals surface area (Å²) < 4.78 is 12.8. The SMILES string of the molecule is CC(C)N1C(=O)c2ccccc2S(=O)c2ccccc21. The molecule has 0 bridgehead atoms. The molecule has 1 heterocycles. The fourth-order valence-electron chi connectivity index (χ4n) is 2.49. The van der Waals surface area contributed by atoms with E-state index in [0.29, 0.717) is 15.4 Å². The second kappa shape index (κ2) is 4.87. The van der Waals surface area contributed by atoms with Crippen LogP contribution in [0.4, 0.5) is 5.69 Å². The van der Waals surface area contributed by atoms with Gasteiger partial charge in [-0.2, -0.15) is 0 Å². The van der Waals surface area contributed by atoms with Crippen molar-refractivity contribution in [3.8, 4) is 0 Å². The van der Waals surface area contributed by atoms with Crippen LogP contribution in [0.15, 0.2) is 58.3 Å². The van der Waals surface area contributed by atoms with Crippen molar-refractivity contribution in [1.29, 1.82) is 0 Å². The molecule has 1 aliphatic heterocycles. The zero-order valence-electron chi connectivity index (χ0n) is 11.4. The molecule has 1 atom stereocenters. The first-order valence-electron chi connectivity index (χ1n) is 6.54. The zero-order chi connectivity index (χ0) is 14.3. The molecule has 3 rings (SSSR count). The molecular formula is C16H15NO2S. The van der Waals surface area contributed by atoms with Crippen molar-refractivity contribution in [2.24, 2.45) is 0 Å². The number of carbonyl (C=O) groups is 1. The van der Waals surface area contributed by atoms with Crippen LogP contribution in [0.5, 0.6) is 0 Å². The molecule has 0 saturated heterocycles. The Labute approximate surface area is 120 Å². The summed E-state index contributed by atoms with van der Waals surface area (Å²) in [6.07, 6.45) is 0. The van der Waals surface area contributed by atoms with Gasteiger partial charge >= 0.3 is 0 Å². The maximum atomic E-state index is 12.8. The van der Waals surface area contributed by atoms with Crippen LogP contribution in [0.3, 0.4) is 0 Å². The number of amides is 1. The molecule has 0 saturated carbocycles. The lowest BCUT2D eigenvalue weighted by Crippen LogP contribution is -2.36. The standard InChI is InChI=1S/C16H15NO2S/c1-11(2)17-13-8-4-6-10-15(13)20(19)14-9-5-3-7-12(14)16(17)18/h3-11H,1-2H3. The molecule has 0 N–H and O–H groups in total. The van der Waals surface area contributed by atoms with E-state index in [0.717, 1.165) is 5.69 Å². The van der Waals surface area contributed by atoms with Crippen molar-refractivity contribution >= 4 is 22.4 Å². The van der Waals surface area contributed by atoms with Gasteiger partial charge in [-0.1, -0.05) is 24.3 Å². The Morgan fingerprint density at radius 3 is 2.25 bits per heavy atom. The summed E-state index contributed by atoms with van der Waals surface area (Å²) in [4.78, 5) is 15.8. The lowest BCUT2D eigenvalue weighted by molar-refractivity contribution is 0.0977. The molecule has 4 heteroatoms. The minimum absolute atomic E-state index is 0.00630. The summed E-state index contributed by atoms with van der Waals surface area (Å²) in [5.41, 5.74) is 1.26. The first-order chi connectivity index (χ1) is 9.61. The highest BCUT2D eigenvalue weighted by molar-refractivity contribution is 7.85. The van der Waals surface area contributed by atoms with Crippen molar-refractivity contribution in [3.63, 3.8) is 0 Å². The van der Waals surface area contributed by atoms with Gasteiger partial charge in [0.25, 0.3) is 5.91 Å². The van der Waals surface area contributed by atoms with Gasteiger partial charge in [0.05, 0.1) is 31.8 Å². The van der Waals surface area contributed by atoms with E-state index in [9.17, 15) is 9.00 Å². The Kier molecular flexibility index (Phi) is 3.18. The van der Waals surface area contributed by atoms with Crippen molar-refractivity contribution in [2.75, 3.05) is 4.90 Å². The van der Waals surface area contributed by atoms with Gasteiger partial charge in [-0.05, 0) is 38.1 Å². The van der Waals surface area contributed by atoms with E-state index >= 15 is 0 Å². The van der Waals surface area contributed by atoms with E-state index in [2.05, 4.69) is 0 Å². The monoisotopic (exact) mass is 285 g/mol. The van der Waals surface area contributed by atoms with Crippen molar-refractivity contribution in [3.05, 3.63) is 54.1 Å². The van der Waals surface area contributed by atoms with Crippen LogP contribution < -0.4 is 4.90 Å². The fraction of sp³-hybridized carbons (Fsp3) is 0.188. The lowest BCUT2D eigenvalue weighted by Gasteiger charge is -2.26. The molecule has 0 spiro atoms. The van der Waals surface area contributed by atoms with E-state index < -0.39 is 10.8 Å². The van der Waals surface area contributed by atoms with Crippen LogP contribution in [0.25, 0.3) is 0 Å².